The number of benzene rings is 1. The summed E-state index contributed by atoms with van der Waals surface area (Å²) in [6, 6.07) is 7.93. The Morgan fingerprint density at radius 2 is 1.92 bits per heavy atom. The normalized spacial score (nSPS) is 23.1. The van der Waals surface area contributed by atoms with E-state index in [1.54, 1.807) is 7.05 Å². The Morgan fingerprint density at radius 3 is 2.61 bits per heavy atom. The summed E-state index contributed by atoms with van der Waals surface area (Å²) in [5.74, 6) is 1.66. The third-order valence-electron chi connectivity index (χ3n) is 8.08. The molecule has 1 aromatic carbocycles. The van der Waals surface area contributed by atoms with Crippen LogP contribution in [-0.2, 0) is 16.0 Å². The second-order valence-corrected chi connectivity index (χ2v) is 10.9. The second-order valence-electron chi connectivity index (χ2n) is 10.9. The number of anilines is 2. The molecular weight excluding hydrogens is 482 g/mol. The number of ether oxygens (including phenoxy) is 1. The minimum absolute atomic E-state index is 0.0179. The van der Waals surface area contributed by atoms with Crippen molar-refractivity contribution < 1.29 is 14.3 Å². The number of amides is 3. The van der Waals surface area contributed by atoms with Gasteiger partial charge >= 0.3 is 6.03 Å². The Bertz CT molecular complexity index is 1200. The number of hydrogen-bond acceptors (Lipinski definition) is 7. The summed E-state index contributed by atoms with van der Waals surface area (Å²) in [5.41, 5.74) is 3.17. The third-order valence-corrected chi connectivity index (χ3v) is 8.08. The van der Waals surface area contributed by atoms with E-state index in [2.05, 4.69) is 32.7 Å². The fraction of sp³-hybridized carbons (Fsp3) is 0.571. The zero-order valence-corrected chi connectivity index (χ0v) is 23.0. The number of nitrogens with zero attached hydrogens (tertiary/aromatic N) is 4. The van der Waals surface area contributed by atoms with Gasteiger partial charge in [-0.15, -0.1) is 0 Å². The van der Waals surface area contributed by atoms with Crippen LogP contribution in [0.2, 0.25) is 0 Å². The first-order valence-corrected chi connectivity index (χ1v) is 13.7. The summed E-state index contributed by atoms with van der Waals surface area (Å²) in [6.45, 7) is 10.7. The molecule has 2 fully saturated rings. The zero-order chi connectivity index (χ0) is 27.0. The summed E-state index contributed by atoms with van der Waals surface area (Å²) in [6.07, 6.45) is 2.80. The lowest BCUT2D eigenvalue weighted by atomic mass is 9.90. The maximum atomic E-state index is 12.9. The predicted molar refractivity (Wildman–Crippen MR) is 147 cm³/mol. The van der Waals surface area contributed by atoms with E-state index < -0.39 is 5.54 Å². The number of carbonyl (C=O) groups is 2. The molecule has 3 aliphatic heterocycles. The van der Waals surface area contributed by atoms with Crippen LogP contribution in [0.4, 0.5) is 16.3 Å². The number of fused-ring (bicyclic) bond motifs is 4. The zero-order valence-electron chi connectivity index (χ0n) is 23.0. The highest BCUT2D eigenvalue weighted by Crippen LogP contribution is 2.49. The van der Waals surface area contributed by atoms with Crippen molar-refractivity contribution in [2.45, 2.75) is 70.6 Å². The SMILES string of the molecule is CCNC(=O)Nc1ccc(-c2nc3c(c(N4CCOC[C@@H]4C)n2)C[C@H]2CC[C@@H]3N2C(C)(C)C(=O)NC)cc1. The highest BCUT2D eigenvalue weighted by Gasteiger charge is 2.51. The van der Waals surface area contributed by atoms with Crippen LogP contribution < -0.4 is 20.9 Å². The predicted octanol–water partition coefficient (Wildman–Crippen LogP) is 3.10. The van der Waals surface area contributed by atoms with Crippen LogP contribution >= 0.6 is 0 Å². The van der Waals surface area contributed by atoms with Crippen molar-refractivity contribution >= 4 is 23.4 Å². The molecule has 2 bridgehead atoms. The molecule has 0 radical (unpaired) electrons. The number of likely N-dealkylation sites (N-methyl/N-ethyl adjacent to an activating group) is 1. The standard InChI is InChI=1S/C28H39N7O3/c1-6-30-27(37)31-19-9-7-18(8-10-19)24-32-23-21(25(33-24)34-13-14-38-16-17(34)2)15-20-11-12-22(23)35(20)28(3,4)26(36)29-5/h7-10,17,20,22H,6,11-16H2,1-5H3,(H,29,36)(H2,30,31,37)/t17-,20+,22-/m0/s1. The first-order chi connectivity index (χ1) is 18.2. The third kappa shape index (κ3) is 4.71. The van der Waals surface area contributed by atoms with E-state index in [0.717, 1.165) is 42.9 Å². The van der Waals surface area contributed by atoms with Gasteiger partial charge in [-0.1, -0.05) is 0 Å². The maximum absolute atomic E-state index is 12.9. The van der Waals surface area contributed by atoms with Gasteiger partial charge in [-0.25, -0.2) is 14.8 Å². The summed E-state index contributed by atoms with van der Waals surface area (Å²) in [4.78, 5) is 39.9. The monoisotopic (exact) mass is 521 g/mol. The quantitative estimate of drug-likeness (QED) is 0.536. The summed E-state index contributed by atoms with van der Waals surface area (Å²) in [5, 5.41) is 8.44. The molecule has 0 saturated carbocycles. The number of hydrogen-bond donors (Lipinski definition) is 3. The smallest absolute Gasteiger partial charge is 0.319 e. The van der Waals surface area contributed by atoms with E-state index >= 15 is 0 Å². The Labute approximate surface area is 224 Å². The van der Waals surface area contributed by atoms with E-state index in [1.165, 1.54) is 5.56 Å². The highest BCUT2D eigenvalue weighted by atomic mass is 16.5. The van der Waals surface area contributed by atoms with Gasteiger partial charge in [-0.05, 0) is 71.2 Å². The van der Waals surface area contributed by atoms with Crippen molar-refractivity contribution in [2.24, 2.45) is 0 Å². The Balaban J connectivity index is 1.57. The first kappa shape index (κ1) is 26.4. The average molecular weight is 522 g/mol. The van der Waals surface area contributed by atoms with Crippen LogP contribution in [-0.4, -0.2) is 77.8 Å². The van der Waals surface area contributed by atoms with Gasteiger partial charge < -0.3 is 25.6 Å². The molecule has 10 nitrogen and oxygen atoms in total. The van der Waals surface area contributed by atoms with Crippen LogP contribution in [0.5, 0.6) is 0 Å². The molecule has 2 saturated heterocycles. The number of urea groups is 1. The molecule has 3 N–H and O–H groups in total. The fourth-order valence-corrected chi connectivity index (χ4v) is 6.26. The van der Waals surface area contributed by atoms with E-state index in [4.69, 9.17) is 14.7 Å². The molecule has 0 spiro atoms. The molecule has 2 aromatic rings. The van der Waals surface area contributed by atoms with Gasteiger partial charge in [0.15, 0.2) is 5.82 Å². The number of morpholine rings is 1. The lowest BCUT2D eigenvalue weighted by Crippen LogP contribution is -2.58. The number of nitrogens with one attached hydrogen (secondary N) is 3. The van der Waals surface area contributed by atoms with Crippen molar-refractivity contribution in [1.82, 2.24) is 25.5 Å². The van der Waals surface area contributed by atoms with Gasteiger partial charge in [-0.2, -0.15) is 0 Å². The van der Waals surface area contributed by atoms with Crippen molar-refractivity contribution in [3.63, 3.8) is 0 Å². The van der Waals surface area contributed by atoms with Gasteiger partial charge in [0.1, 0.15) is 5.82 Å². The minimum atomic E-state index is -0.651. The van der Waals surface area contributed by atoms with Crippen LogP contribution in [0.15, 0.2) is 24.3 Å². The largest absolute Gasteiger partial charge is 0.377 e. The number of carbonyl (C=O) groups excluding carboxylic acids is 2. The Hall–Kier alpha value is -3.24. The molecule has 0 unspecified atom stereocenters. The minimum Gasteiger partial charge on any atom is -0.377 e. The lowest BCUT2D eigenvalue weighted by Gasteiger charge is -2.46. The summed E-state index contributed by atoms with van der Waals surface area (Å²) >= 11 is 0. The van der Waals surface area contributed by atoms with Gasteiger partial charge in [-0.3, -0.25) is 9.69 Å². The molecule has 204 valence electrons. The number of aromatic nitrogens is 2. The average Bonchev–Trinajstić information content (AvgIpc) is 3.25. The molecule has 1 aromatic heterocycles. The molecule has 3 atom stereocenters. The van der Waals surface area contributed by atoms with Gasteiger partial charge in [0.25, 0.3) is 0 Å². The molecule has 10 heteroatoms. The number of rotatable bonds is 6. The Morgan fingerprint density at radius 1 is 1.16 bits per heavy atom. The van der Waals surface area contributed by atoms with Crippen LogP contribution in [0.25, 0.3) is 11.4 Å². The summed E-state index contributed by atoms with van der Waals surface area (Å²) < 4.78 is 5.73. The fourth-order valence-electron chi connectivity index (χ4n) is 6.26. The van der Waals surface area contributed by atoms with Crippen molar-refractivity contribution in [1.29, 1.82) is 0 Å². The van der Waals surface area contributed by atoms with Crippen molar-refractivity contribution in [3.05, 3.63) is 35.5 Å². The molecule has 3 amide bonds. The van der Waals surface area contributed by atoms with Gasteiger partial charge in [0, 0.05) is 43.0 Å². The molecule has 5 rings (SSSR count). The lowest BCUT2D eigenvalue weighted by molar-refractivity contribution is -0.133. The molecular formula is C28H39N7O3. The van der Waals surface area contributed by atoms with E-state index in [9.17, 15) is 9.59 Å². The molecule has 4 heterocycles. The first-order valence-electron chi connectivity index (χ1n) is 13.7. The van der Waals surface area contributed by atoms with Crippen LogP contribution in [0.3, 0.4) is 0 Å². The van der Waals surface area contributed by atoms with Crippen LogP contribution in [0.1, 0.15) is 57.8 Å². The Kier molecular flexibility index (Phi) is 7.28. The van der Waals surface area contributed by atoms with E-state index in [1.807, 2.05) is 45.0 Å². The molecule has 0 aliphatic carbocycles. The van der Waals surface area contributed by atoms with Crippen LogP contribution in [0, 0.1) is 0 Å². The molecule has 3 aliphatic rings. The molecule has 38 heavy (non-hydrogen) atoms. The second kappa shape index (κ2) is 10.5. The van der Waals surface area contributed by atoms with Gasteiger partial charge in [0.2, 0.25) is 5.91 Å². The van der Waals surface area contributed by atoms with Crippen molar-refractivity contribution in [3.8, 4) is 11.4 Å². The van der Waals surface area contributed by atoms with Crippen molar-refractivity contribution in [2.75, 3.05) is 43.6 Å². The van der Waals surface area contributed by atoms with Gasteiger partial charge in [0.05, 0.1) is 36.5 Å². The highest BCUT2D eigenvalue weighted by molar-refractivity contribution is 5.89. The van der Waals surface area contributed by atoms with E-state index in [-0.39, 0.29) is 30.1 Å². The summed E-state index contributed by atoms with van der Waals surface area (Å²) in [7, 11) is 1.70. The maximum Gasteiger partial charge on any atom is 0.319 e. The van der Waals surface area contributed by atoms with E-state index in [0.29, 0.717) is 31.3 Å². The topological polar surface area (TPSA) is 112 Å².